The highest BCUT2D eigenvalue weighted by molar-refractivity contribution is 5.74. The van der Waals surface area contributed by atoms with Gasteiger partial charge in [0.15, 0.2) is 0 Å². The normalized spacial score (nSPS) is 19.2. The zero-order chi connectivity index (χ0) is 15.5. The summed E-state index contributed by atoms with van der Waals surface area (Å²) in [6, 6.07) is 12.5. The van der Waals surface area contributed by atoms with Crippen LogP contribution in [0.25, 0.3) is 11.0 Å². The summed E-state index contributed by atoms with van der Waals surface area (Å²) < 4.78 is 0. The minimum Gasteiger partial charge on any atom is -0.342 e. The first kappa shape index (κ1) is 14.4. The number of pyridine rings is 1. The van der Waals surface area contributed by atoms with Crippen LogP contribution in [-0.4, -0.2) is 39.5 Å². The SMILES string of the molecule is c1ccc2[nH]c([C@H]3CCCN(CCc4ccncc4)C3)nc2c1. The van der Waals surface area contributed by atoms with Gasteiger partial charge in [-0.3, -0.25) is 4.98 Å². The van der Waals surface area contributed by atoms with Crippen LogP contribution in [0.5, 0.6) is 0 Å². The molecule has 1 N–H and O–H groups in total. The Labute approximate surface area is 136 Å². The third-order valence-electron chi connectivity index (χ3n) is 4.77. The van der Waals surface area contributed by atoms with E-state index in [4.69, 9.17) is 4.98 Å². The van der Waals surface area contributed by atoms with Crippen LogP contribution in [0.15, 0.2) is 48.8 Å². The van der Waals surface area contributed by atoms with Crippen molar-refractivity contribution in [2.24, 2.45) is 0 Å². The van der Waals surface area contributed by atoms with Gasteiger partial charge in [-0.05, 0) is 55.6 Å². The highest BCUT2D eigenvalue weighted by atomic mass is 15.1. The fourth-order valence-electron chi connectivity index (χ4n) is 3.48. The maximum atomic E-state index is 4.80. The van der Waals surface area contributed by atoms with Gasteiger partial charge in [-0.2, -0.15) is 0 Å². The fourth-order valence-corrected chi connectivity index (χ4v) is 3.48. The molecule has 0 aliphatic carbocycles. The minimum atomic E-state index is 0.522. The molecule has 0 spiro atoms. The molecule has 3 heterocycles. The van der Waals surface area contributed by atoms with Crippen molar-refractivity contribution in [2.45, 2.75) is 25.2 Å². The molecule has 0 bridgehead atoms. The van der Waals surface area contributed by atoms with Gasteiger partial charge in [0, 0.05) is 31.4 Å². The average Bonchev–Trinajstić information content (AvgIpc) is 3.05. The lowest BCUT2D eigenvalue weighted by Crippen LogP contribution is -2.36. The number of H-pyrrole nitrogens is 1. The average molecular weight is 306 g/mol. The number of likely N-dealkylation sites (tertiary alicyclic amines) is 1. The summed E-state index contributed by atoms with van der Waals surface area (Å²) in [6.07, 6.45) is 7.32. The molecule has 3 aromatic rings. The van der Waals surface area contributed by atoms with Gasteiger partial charge in [0.25, 0.3) is 0 Å². The Morgan fingerprint density at radius 1 is 1.13 bits per heavy atom. The first-order valence-electron chi connectivity index (χ1n) is 8.44. The molecule has 1 fully saturated rings. The summed E-state index contributed by atoms with van der Waals surface area (Å²) in [5, 5.41) is 0. The fraction of sp³-hybridized carbons (Fsp3) is 0.368. The predicted octanol–water partition coefficient (Wildman–Crippen LogP) is 3.38. The van der Waals surface area contributed by atoms with Crippen LogP contribution in [0.2, 0.25) is 0 Å². The maximum Gasteiger partial charge on any atom is 0.111 e. The third-order valence-corrected chi connectivity index (χ3v) is 4.77. The number of para-hydroxylation sites is 2. The summed E-state index contributed by atoms with van der Waals surface area (Å²) in [5.41, 5.74) is 3.60. The van der Waals surface area contributed by atoms with E-state index in [1.54, 1.807) is 0 Å². The summed E-state index contributed by atoms with van der Waals surface area (Å²) in [4.78, 5) is 15.0. The van der Waals surface area contributed by atoms with E-state index in [-0.39, 0.29) is 0 Å². The van der Waals surface area contributed by atoms with Gasteiger partial charge in [-0.1, -0.05) is 12.1 Å². The van der Waals surface area contributed by atoms with Crippen LogP contribution in [0, 0.1) is 0 Å². The van der Waals surface area contributed by atoms with Crippen LogP contribution < -0.4 is 0 Å². The van der Waals surface area contributed by atoms with E-state index in [0.29, 0.717) is 5.92 Å². The Morgan fingerprint density at radius 2 is 2.00 bits per heavy atom. The number of piperidine rings is 1. The number of fused-ring (bicyclic) bond motifs is 1. The van der Waals surface area contributed by atoms with Crippen LogP contribution in [0.4, 0.5) is 0 Å². The van der Waals surface area contributed by atoms with Crippen LogP contribution in [0.3, 0.4) is 0 Å². The zero-order valence-electron chi connectivity index (χ0n) is 13.3. The number of imidazole rings is 1. The molecule has 1 aromatic carbocycles. The Morgan fingerprint density at radius 3 is 2.87 bits per heavy atom. The van der Waals surface area contributed by atoms with E-state index >= 15 is 0 Å². The molecular weight excluding hydrogens is 284 g/mol. The van der Waals surface area contributed by atoms with E-state index in [1.165, 1.54) is 24.9 Å². The van der Waals surface area contributed by atoms with Crippen LogP contribution in [-0.2, 0) is 6.42 Å². The van der Waals surface area contributed by atoms with Crippen molar-refractivity contribution >= 4 is 11.0 Å². The largest absolute Gasteiger partial charge is 0.342 e. The van der Waals surface area contributed by atoms with E-state index < -0.39 is 0 Å². The zero-order valence-corrected chi connectivity index (χ0v) is 13.3. The number of benzene rings is 1. The van der Waals surface area contributed by atoms with Gasteiger partial charge < -0.3 is 9.88 Å². The topological polar surface area (TPSA) is 44.8 Å². The van der Waals surface area contributed by atoms with E-state index in [0.717, 1.165) is 36.4 Å². The first-order chi connectivity index (χ1) is 11.4. The molecule has 23 heavy (non-hydrogen) atoms. The lowest BCUT2D eigenvalue weighted by molar-refractivity contribution is 0.207. The number of nitrogens with zero attached hydrogens (tertiary/aromatic N) is 3. The third kappa shape index (κ3) is 3.27. The second-order valence-electron chi connectivity index (χ2n) is 6.38. The number of hydrogen-bond donors (Lipinski definition) is 1. The molecule has 4 nitrogen and oxygen atoms in total. The van der Waals surface area contributed by atoms with Crippen molar-refractivity contribution in [1.82, 2.24) is 19.9 Å². The number of aromatic nitrogens is 3. The molecule has 4 rings (SSSR count). The van der Waals surface area contributed by atoms with Gasteiger partial charge in [0.2, 0.25) is 0 Å². The molecule has 0 amide bonds. The molecule has 1 aliphatic heterocycles. The molecule has 1 saturated heterocycles. The van der Waals surface area contributed by atoms with Gasteiger partial charge >= 0.3 is 0 Å². The highest BCUT2D eigenvalue weighted by Gasteiger charge is 2.23. The molecule has 2 aromatic heterocycles. The first-order valence-corrected chi connectivity index (χ1v) is 8.44. The van der Waals surface area contributed by atoms with Crippen molar-refractivity contribution in [2.75, 3.05) is 19.6 Å². The maximum absolute atomic E-state index is 4.80. The van der Waals surface area contributed by atoms with Crippen LogP contribution in [0.1, 0.15) is 30.1 Å². The van der Waals surface area contributed by atoms with Crippen molar-refractivity contribution in [1.29, 1.82) is 0 Å². The van der Waals surface area contributed by atoms with Crippen molar-refractivity contribution in [3.05, 3.63) is 60.2 Å². The summed E-state index contributed by atoms with van der Waals surface area (Å²) in [6.45, 7) is 3.41. The van der Waals surface area contributed by atoms with Gasteiger partial charge in [0.1, 0.15) is 5.82 Å². The Hall–Kier alpha value is -2.20. The summed E-state index contributed by atoms with van der Waals surface area (Å²) in [7, 11) is 0. The highest BCUT2D eigenvalue weighted by Crippen LogP contribution is 2.26. The van der Waals surface area contributed by atoms with Crippen molar-refractivity contribution in [3.8, 4) is 0 Å². The lowest BCUT2D eigenvalue weighted by Gasteiger charge is -2.31. The Balaban J connectivity index is 1.42. The van der Waals surface area contributed by atoms with E-state index in [9.17, 15) is 0 Å². The summed E-state index contributed by atoms with van der Waals surface area (Å²) >= 11 is 0. The van der Waals surface area contributed by atoms with Crippen LogP contribution >= 0.6 is 0 Å². The molecular formula is C19H22N4. The van der Waals surface area contributed by atoms with Gasteiger partial charge in [0.05, 0.1) is 11.0 Å². The standard InChI is InChI=1S/C19H22N4/c1-2-6-18-17(5-1)21-19(22-18)16-4-3-12-23(14-16)13-9-15-7-10-20-11-8-15/h1-2,5-8,10-11,16H,3-4,9,12-14H2,(H,21,22)/t16-/m0/s1. The quantitative estimate of drug-likeness (QED) is 0.803. The number of hydrogen-bond acceptors (Lipinski definition) is 3. The summed E-state index contributed by atoms with van der Waals surface area (Å²) in [5.74, 6) is 1.67. The predicted molar refractivity (Wildman–Crippen MR) is 92.4 cm³/mol. The molecule has 0 unspecified atom stereocenters. The molecule has 118 valence electrons. The molecule has 1 aliphatic rings. The smallest absolute Gasteiger partial charge is 0.111 e. The molecule has 0 saturated carbocycles. The molecule has 1 atom stereocenters. The van der Waals surface area contributed by atoms with Gasteiger partial charge in [-0.25, -0.2) is 4.98 Å². The van der Waals surface area contributed by atoms with E-state index in [1.807, 2.05) is 12.4 Å². The van der Waals surface area contributed by atoms with Crippen molar-refractivity contribution in [3.63, 3.8) is 0 Å². The Bertz CT molecular complexity index is 732. The number of aromatic amines is 1. The minimum absolute atomic E-state index is 0.522. The van der Waals surface area contributed by atoms with E-state index in [2.05, 4.69) is 51.3 Å². The number of nitrogens with one attached hydrogen (secondary N) is 1. The number of rotatable bonds is 4. The second kappa shape index (κ2) is 6.50. The lowest BCUT2D eigenvalue weighted by atomic mass is 9.97. The second-order valence-corrected chi connectivity index (χ2v) is 6.38. The molecule has 4 heteroatoms. The van der Waals surface area contributed by atoms with Crippen molar-refractivity contribution < 1.29 is 0 Å². The monoisotopic (exact) mass is 306 g/mol. The van der Waals surface area contributed by atoms with Gasteiger partial charge in [-0.15, -0.1) is 0 Å². The molecule has 0 radical (unpaired) electrons. The Kier molecular flexibility index (Phi) is 4.07.